The van der Waals surface area contributed by atoms with Crippen molar-refractivity contribution in [2.45, 2.75) is 33.2 Å². The number of nitrogens with zero attached hydrogens (tertiary/aromatic N) is 1. The molecule has 1 atom stereocenters. The molecule has 0 saturated carbocycles. The van der Waals surface area contributed by atoms with Crippen LogP contribution < -0.4 is 5.73 Å². The smallest absolute Gasteiger partial charge is 0.323 e. The normalized spacial score (nSPS) is 11.9. The van der Waals surface area contributed by atoms with Crippen molar-refractivity contribution in [3.63, 3.8) is 0 Å². The minimum absolute atomic E-state index is 0.124. The molecule has 0 heterocycles. The van der Waals surface area contributed by atoms with E-state index in [4.69, 9.17) is 10.8 Å². The number of carbonyl (C=O) groups is 2. The molecule has 1 rings (SSSR count). The number of benzene rings is 1. The van der Waals surface area contributed by atoms with E-state index in [0.29, 0.717) is 17.7 Å². The van der Waals surface area contributed by atoms with Crippen LogP contribution in [-0.4, -0.2) is 34.5 Å². The van der Waals surface area contributed by atoms with E-state index in [2.05, 4.69) is 0 Å². The van der Waals surface area contributed by atoms with Crippen LogP contribution in [0.25, 0.3) is 0 Å². The fourth-order valence-corrected chi connectivity index (χ4v) is 1.77. The average molecular weight is 264 g/mol. The Morgan fingerprint density at radius 2 is 2.05 bits per heavy atom. The van der Waals surface area contributed by atoms with Gasteiger partial charge in [0.05, 0.1) is 0 Å². The number of anilines is 1. The lowest BCUT2D eigenvalue weighted by molar-refractivity contribution is -0.138. The minimum Gasteiger partial charge on any atom is -0.480 e. The molecule has 104 valence electrons. The molecule has 0 radical (unpaired) electrons. The fraction of sp³-hybridized carbons (Fsp3) is 0.429. The van der Waals surface area contributed by atoms with Crippen LogP contribution in [0.2, 0.25) is 0 Å². The van der Waals surface area contributed by atoms with Gasteiger partial charge in [-0.2, -0.15) is 0 Å². The number of rotatable bonds is 5. The van der Waals surface area contributed by atoms with E-state index in [1.807, 2.05) is 20.8 Å². The monoisotopic (exact) mass is 264 g/mol. The first-order chi connectivity index (χ1) is 8.86. The van der Waals surface area contributed by atoms with Gasteiger partial charge in [0.25, 0.3) is 5.91 Å². The molecular weight excluding hydrogens is 244 g/mol. The van der Waals surface area contributed by atoms with E-state index < -0.39 is 5.97 Å². The molecule has 1 aromatic rings. The molecule has 0 aliphatic carbocycles. The molecule has 19 heavy (non-hydrogen) atoms. The zero-order valence-corrected chi connectivity index (χ0v) is 11.5. The lowest BCUT2D eigenvalue weighted by atomic mass is 10.1. The summed E-state index contributed by atoms with van der Waals surface area (Å²) in [5, 5.41) is 8.91. The Balaban J connectivity index is 3.04. The van der Waals surface area contributed by atoms with Crippen molar-refractivity contribution in [1.29, 1.82) is 0 Å². The van der Waals surface area contributed by atoms with E-state index in [0.717, 1.165) is 5.56 Å². The summed E-state index contributed by atoms with van der Waals surface area (Å²) in [6.45, 7) is 5.28. The Bertz CT molecular complexity index is 486. The molecule has 0 fully saturated rings. The van der Waals surface area contributed by atoms with Gasteiger partial charge in [-0.05, 0) is 44.0 Å². The van der Waals surface area contributed by atoms with Crippen LogP contribution in [0.4, 0.5) is 5.69 Å². The Morgan fingerprint density at radius 3 is 2.53 bits per heavy atom. The molecule has 0 aromatic heterocycles. The van der Waals surface area contributed by atoms with Crippen molar-refractivity contribution in [3.05, 3.63) is 29.3 Å². The molecule has 0 spiro atoms. The van der Waals surface area contributed by atoms with Gasteiger partial charge in [0, 0.05) is 17.3 Å². The highest BCUT2D eigenvalue weighted by molar-refractivity contribution is 5.96. The van der Waals surface area contributed by atoms with E-state index >= 15 is 0 Å². The number of aliphatic carboxylic acids is 1. The van der Waals surface area contributed by atoms with Crippen LogP contribution in [0, 0.1) is 6.92 Å². The third kappa shape index (κ3) is 3.71. The number of nitrogens with two attached hydrogens (primary N) is 1. The molecule has 1 aromatic carbocycles. The maximum Gasteiger partial charge on any atom is 0.323 e. The van der Waals surface area contributed by atoms with E-state index in [1.54, 1.807) is 18.2 Å². The molecule has 0 aliphatic heterocycles. The van der Waals surface area contributed by atoms with Crippen molar-refractivity contribution in [1.82, 2.24) is 4.90 Å². The summed E-state index contributed by atoms with van der Waals surface area (Å²) in [7, 11) is 0. The van der Waals surface area contributed by atoms with Crippen LogP contribution >= 0.6 is 0 Å². The summed E-state index contributed by atoms with van der Waals surface area (Å²) < 4.78 is 0. The maximum atomic E-state index is 12.4. The van der Waals surface area contributed by atoms with Crippen molar-refractivity contribution in [3.8, 4) is 0 Å². The largest absolute Gasteiger partial charge is 0.480 e. The Hall–Kier alpha value is -2.04. The number of nitrogen functional groups attached to an aromatic ring is 1. The van der Waals surface area contributed by atoms with Crippen LogP contribution in [0.1, 0.15) is 36.2 Å². The number of carboxylic acid groups (broad SMARTS) is 1. The standard InChI is InChI=1S/C14H20N2O3/c1-4-10(3)16(8-13(17)18)14(19)11-5-6-12(15)9(2)7-11/h5-7,10H,4,8,15H2,1-3H3,(H,17,18). The van der Waals surface area contributed by atoms with Crippen LogP contribution in [0.5, 0.6) is 0 Å². The van der Waals surface area contributed by atoms with E-state index in [1.165, 1.54) is 4.90 Å². The quantitative estimate of drug-likeness (QED) is 0.796. The SMILES string of the molecule is CCC(C)N(CC(=O)O)C(=O)c1ccc(N)c(C)c1. The Labute approximate surface area is 113 Å². The summed E-state index contributed by atoms with van der Waals surface area (Å²) in [5.41, 5.74) is 7.60. The van der Waals surface area contributed by atoms with Crippen molar-refractivity contribution < 1.29 is 14.7 Å². The third-order valence-corrected chi connectivity index (χ3v) is 3.21. The first kappa shape index (κ1) is 15.0. The number of aryl methyl sites for hydroxylation is 1. The molecule has 1 unspecified atom stereocenters. The van der Waals surface area contributed by atoms with Gasteiger partial charge in [-0.25, -0.2) is 0 Å². The lowest BCUT2D eigenvalue weighted by Gasteiger charge is -2.27. The highest BCUT2D eigenvalue weighted by atomic mass is 16.4. The molecule has 5 heteroatoms. The summed E-state index contributed by atoms with van der Waals surface area (Å²) in [6.07, 6.45) is 0.701. The van der Waals surface area contributed by atoms with Gasteiger partial charge in [0.2, 0.25) is 0 Å². The summed E-state index contributed by atoms with van der Waals surface area (Å²) >= 11 is 0. The van der Waals surface area contributed by atoms with Crippen molar-refractivity contribution in [2.24, 2.45) is 0 Å². The molecular formula is C14H20N2O3. The van der Waals surface area contributed by atoms with Gasteiger partial charge in [-0.3, -0.25) is 9.59 Å². The molecule has 5 nitrogen and oxygen atoms in total. The van der Waals surface area contributed by atoms with Crippen LogP contribution in [0.3, 0.4) is 0 Å². The lowest BCUT2D eigenvalue weighted by Crippen LogP contribution is -2.41. The number of hydrogen-bond acceptors (Lipinski definition) is 3. The van der Waals surface area contributed by atoms with Crippen LogP contribution in [0.15, 0.2) is 18.2 Å². The summed E-state index contributed by atoms with van der Waals surface area (Å²) in [4.78, 5) is 24.6. The second kappa shape index (κ2) is 6.22. The zero-order valence-electron chi connectivity index (χ0n) is 11.5. The van der Waals surface area contributed by atoms with Gasteiger partial charge in [0.15, 0.2) is 0 Å². The number of carbonyl (C=O) groups excluding carboxylic acids is 1. The van der Waals surface area contributed by atoms with Crippen LogP contribution in [-0.2, 0) is 4.79 Å². The summed E-state index contributed by atoms with van der Waals surface area (Å²) in [5.74, 6) is -1.29. The van der Waals surface area contributed by atoms with E-state index in [9.17, 15) is 9.59 Å². The number of hydrogen-bond donors (Lipinski definition) is 2. The van der Waals surface area contributed by atoms with Gasteiger partial charge >= 0.3 is 5.97 Å². The summed E-state index contributed by atoms with van der Waals surface area (Å²) in [6, 6.07) is 4.86. The highest BCUT2D eigenvalue weighted by Gasteiger charge is 2.23. The topological polar surface area (TPSA) is 83.6 Å². The van der Waals surface area contributed by atoms with Crippen molar-refractivity contribution in [2.75, 3.05) is 12.3 Å². The first-order valence-electron chi connectivity index (χ1n) is 6.25. The van der Waals surface area contributed by atoms with Gasteiger partial charge in [-0.1, -0.05) is 6.92 Å². The third-order valence-electron chi connectivity index (χ3n) is 3.21. The average Bonchev–Trinajstić information content (AvgIpc) is 2.37. The molecule has 0 bridgehead atoms. The maximum absolute atomic E-state index is 12.4. The second-order valence-electron chi connectivity index (χ2n) is 4.66. The van der Waals surface area contributed by atoms with Gasteiger partial charge < -0.3 is 15.7 Å². The number of carboxylic acids is 1. The Kier molecular flexibility index (Phi) is 4.92. The molecule has 3 N–H and O–H groups in total. The molecule has 0 aliphatic rings. The van der Waals surface area contributed by atoms with Gasteiger partial charge in [0.1, 0.15) is 6.54 Å². The molecule has 1 amide bonds. The minimum atomic E-state index is -1.01. The fourth-order valence-electron chi connectivity index (χ4n) is 1.77. The predicted octanol–water partition coefficient (Wildman–Crippen LogP) is 1.90. The molecule has 0 saturated heterocycles. The van der Waals surface area contributed by atoms with E-state index in [-0.39, 0.29) is 18.5 Å². The zero-order chi connectivity index (χ0) is 14.6. The highest BCUT2D eigenvalue weighted by Crippen LogP contribution is 2.16. The second-order valence-corrected chi connectivity index (χ2v) is 4.66. The van der Waals surface area contributed by atoms with Gasteiger partial charge in [-0.15, -0.1) is 0 Å². The van der Waals surface area contributed by atoms with Crippen molar-refractivity contribution >= 4 is 17.6 Å². The predicted molar refractivity (Wildman–Crippen MR) is 74.0 cm³/mol. The first-order valence-corrected chi connectivity index (χ1v) is 6.25. The number of amides is 1. The Morgan fingerprint density at radius 1 is 1.42 bits per heavy atom.